The monoisotopic (exact) mass is 406 g/mol. The number of pyridine rings is 1. The van der Waals surface area contributed by atoms with Crippen molar-refractivity contribution in [2.24, 2.45) is 4.99 Å². The molecule has 30 heavy (non-hydrogen) atoms. The van der Waals surface area contributed by atoms with Gasteiger partial charge in [0.2, 0.25) is 5.88 Å². The number of methoxy groups -OCH3 is 2. The van der Waals surface area contributed by atoms with E-state index in [2.05, 4.69) is 20.6 Å². The molecule has 156 valence electrons. The number of aromatic nitrogens is 1. The summed E-state index contributed by atoms with van der Waals surface area (Å²) in [6.45, 7) is 1.05. The second-order valence-electron chi connectivity index (χ2n) is 6.40. The summed E-state index contributed by atoms with van der Waals surface area (Å²) in [5, 5.41) is 6.53. The molecule has 0 bridgehead atoms. The molecular weight excluding hydrogens is 380 g/mol. The minimum absolute atomic E-state index is 0.479. The van der Waals surface area contributed by atoms with Crippen LogP contribution in [0.25, 0.3) is 0 Å². The molecule has 0 spiro atoms. The van der Waals surface area contributed by atoms with E-state index >= 15 is 0 Å². The first kappa shape index (κ1) is 21.0. The predicted molar refractivity (Wildman–Crippen MR) is 118 cm³/mol. The lowest BCUT2D eigenvalue weighted by Gasteiger charge is -2.14. The van der Waals surface area contributed by atoms with Crippen LogP contribution in [0.1, 0.15) is 11.1 Å². The van der Waals surface area contributed by atoms with E-state index in [0.29, 0.717) is 36.5 Å². The third-order valence-electron chi connectivity index (χ3n) is 4.36. The van der Waals surface area contributed by atoms with Crippen LogP contribution in [-0.4, -0.2) is 32.2 Å². The van der Waals surface area contributed by atoms with Crippen molar-refractivity contribution >= 4 is 11.6 Å². The smallest absolute Gasteiger partial charge is 0.213 e. The lowest BCUT2D eigenvalue weighted by molar-refractivity contribution is 0.293. The second kappa shape index (κ2) is 10.7. The fraction of sp³-hybridized carbons (Fsp3) is 0.217. The summed E-state index contributed by atoms with van der Waals surface area (Å²) in [6.07, 6.45) is 1.74. The highest BCUT2D eigenvalue weighted by atomic mass is 16.5. The predicted octanol–water partition coefficient (Wildman–Crippen LogP) is 3.87. The fourth-order valence-electron chi connectivity index (χ4n) is 2.79. The number of rotatable bonds is 8. The SMILES string of the molecule is CN=C(NCc1ccnc(OCc2ccccc2)c1)Nc1ccc(OC)c(OC)c1. The Hall–Kier alpha value is -3.74. The van der Waals surface area contributed by atoms with Crippen LogP contribution in [0.5, 0.6) is 17.4 Å². The molecule has 2 aromatic carbocycles. The molecule has 7 nitrogen and oxygen atoms in total. The molecule has 0 saturated carbocycles. The molecule has 0 aliphatic heterocycles. The molecule has 1 heterocycles. The topological polar surface area (TPSA) is 77.0 Å². The summed E-state index contributed by atoms with van der Waals surface area (Å²) in [5.74, 6) is 2.53. The van der Waals surface area contributed by atoms with Gasteiger partial charge < -0.3 is 24.8 Å². The van der Waals surface area contributed by atoms with Gasteiger partial charge in [-0.3, -0.25) is 4.99 Å². The highest BCUT2D eigenvalue weighted by molar-refractivity contribution is 5.93. The number of aliphatic imine (C=N–C) groups is 1. The first-order valence-corrected chi connectivity index (χ1v) is 9.53. The maximum absolute atomic E-state index is 5.80. The second-order valence-corrected chi connectivity index (χ2v) is 6.40. The van der Waals surface area contributed by atoms with Crippen molar-refractivity contribution in [2.45, 2.75) is 13.2 Å². The maximum Gasteiger partial charge on any atom is 0.213 e. The van der Waals surface area contributed by atoms with Crippen LogP contribution >= 0.6 is 0 Å². The van der Waals surface area contributed by atoms with Crippen molar-refractivity contribution in [3.05, 3.63) is 78.0 Å². The van der Waals surface area contributed by atoms with Crippen LogP contribution in [0.2, 0.25) is 0 Å². The number of hydrogen-bond acceptors (Lipinski definition) is 5. The lowest BCUT2D eigenvalue weighted by atomic mass is 10.2. The number of nitrogens with zero attached hydrogens (tertiary/aromatic N) is 2. The zero-order valence-electron chi connectivity index (χ0n) is 17.4. The molecule has 1 aromatic heterocycles. The zero-order chi connectivity index (χ0) is 21.2. The number of ether oxygens (including phenoxy) is 3. The Labute approximate surface area is 176 Å². The molecule has 0 amide bonds. The Balaban J connectivity index is 1.57. The van der Waals surface area contributed by atoms with E-state index in [0.717, 1.165) is 16.8 Å². The van der Waals surface area contributed by atoms with Crippen LogP contribution < -0.4 is 24.8 Å². The van der Waals surface area contributed by atoms with Crippen molar-refractivity contribution in [3.8, 4) is 17.4 Å². The molecule has 0 radical (unpaired) electrons. The van der Waals surface area contributed by atoms with Gasteiger partial charge in [-0.05, 0) is 29.3 Å². The summed E-state index contributed by atoms with van der Waals surface area (Å²) in [7, 11) is 4.94. The number of anilines is 1. The molecule has 0 aliphatic rings. The molecule has 7 heteroatoms. The normalized spacial score (nSPS) is 11.0. The van der Waals surface area contributed by atoms with Crippen molar-refractivity contribution in [1.82, 2.24) is 10.3 Å². The molecule has 3 aromatic rings. The minimum Gasteiger partial charge on any atom is -0.493 e. The summed E-state index contributed by atoms with van der Waals surface area (Å²) < 4.78 is 16.4. The number of hydrogen-bond donors (Lipinski definition) is 2. The van der Waals surface area contributed by atoms with Gasteiger partial charge in [0.15, 0.2) is 17.5 Å². The average molecular weight is 406 g/mol. The van der Waals surface area contributed by atoms with E-state index in [1.807, 2.05) is 60.7 Å². The van der Waals surface area contributed by atoms with Gasteiger partial charge in [0.1, 0.15) is 6.61 Å². The molecule has 2 N–H and O–H groups in total. The van der Waals surface area contributed by atoms with Crippen LogP contribution in [0, 0.1) is 0 Å². The van der Waals surface area contributed by atoms with Crippen molar-refractivity contribution < 1.29 is 14.2 Å². The van der Waals surface area contributed by atoms with Gasteiger partial charge in [-0.2, -0.15) is 0 Å². The third-order valence-corrected chi connectivity index (χ3v) is 4.36. The Morgan fingerprint density at radius 2 is 1.73 bits per heavy atom. The molecule has 0 atom stereocenters. The Bertz CT molecular complexity index is 977. The Morgan fingerprint density at radius 1 is 0.933 bits per heavy atom. The van der Waals surface area contributed by atoms with E-state index in [9.17, 15) is 0 Å². The van der Waals surface area contributed by atoms with E-state index < -0.39 is 0 Å². The fourth-order valence-corrected chi connectivity index (χ4v) is 2.79. The van der Waals surface area contributed by atoms with E-state index in [1.165, 1.54) is 0 Å². The van der Waals surface area contributed by atoms with Gasteiger partial charge in [-0.25, -0.2) is 4.98 Å². The van der Waals surface area contributed by atoms with Crippen LogP contribution in [-0.2, 0) is 13.2 Å². The zero-order valence-corrected chi connectivity index (χ0v) is 17.4. The Morgan fingerprint density at radius 3 is 2.47 bits per heavy atom. The van der Waals surface area contributed by atoms with Crippen molar-refractivity contribution in [1.29, 1.82) is 0 Å². The van der Waals surface area contributed by atoms with E-state index in [-0.39, 0.29) is 0 Å². The maximum atomic E-state index is 5.80. The minimum atomic E-state index is 0.479. The van der Waals surface area contributed by atoms with Gasteiger partial charge >= 0.3 is 0 Å². The largest absolute Gasteiger partial charge is 0.493 e. The molecule has 0 saturated heterocycles. The number of guanidine groups is 1. The van der Waals surface area contributed by atoms with Crippen LogP contribution in [0.15, 0.2) is 71.9 Å². The number of nitrogens with one attached hydrogen (secondary N) is 2. The number of benzene rings is 2. The average Bonchev–Trinajstić information content (AvgIpc) is 2.81. The van der Waals surface area contributed by atoms with Gasteiger partial charge in [0, 0.05) is 37.6 Å². The molecule has 0 aliphatic carbocycles. The standard InChI is InChI=1S/C23H26N4O3/c1-24-23(27-19-9-10-20(28-2)21(14-19)29-3)26-15-18-11-12-25-22(13-18)30-16-17-7-5-4-6-8-17/h4-14H,15-16H2,1-3H3,(H2,24,26,27). The summed E-state index contributed by atoms with van der Waals surface area (Å²) in [4.78, 5) is 8.55. The highest BCUT2D eigenvalue weighted by Gasteiger charge is 2.07. The van der Waals surface area contributed by atoms with Crippen molar-refractivity contribution in [2.75, 3.05) is 26.6 Å². The lowest BCUT2D eigenvalue weighted by Crippen LogP contribution is -2.30. The Kier molecular flexibility index (Phi) is 7.49. The molecule has 3 rings (SSSR count). The summed E-state index contributed by atoms with van der Waals surface area (Å²) >= 11 is 0. The molecule has 0 fully saturated rings. The summed E-state index contributed by atoms with van der Waals surface area (Å²) in [5.41, 5.74) is 2.97. The van der Waals surface area contributed by atoms with Gasteiger partial charge in [-0.15, -0.1) is 0 Å². The van der Waals surface area contributed by atoms with E-state index in [4.69, 9.17) is 14.2 Å². The first-order valence-electron chi connectivity index (χ1n) is 9.53. The van der Waals surface area contributed by atoms with E-state index in [1.54, 1.807) is 27.5 Å². The van der Waals surface area contributed by atoms with Crippen LogP contribution in [0.4, 0.5) is 5.69 Å². The highest BCUT2D eigenvalue weighted by Crippen LogP contribution is 2.29. The van der Waals surface area contributed by atoms with Gasteiger partial charge in [0.05, 0.1) is 14.2 Å². The quantitative estimate of drug-likeness (QED) is 0.437. The van der Waals surface area contributed by atoms with Gasteiger partial charge in [-0.1, -0.05) is 30.3 Å². The molecule has 0 unspecified atom stereocenters. The molecular formula is C23H26N4O3. The first-order chi connectivity index (χ1) is 14.7. The van der Waals surface area contributed by atoms with Crippen molar-refractivity contribution in [3.63, 3.8) is 0 Å². The van der Waals surface area contributed by atoms with Crippen LogP contribution in [0.3, 0.4) is 0 Å². The van der Waals surface area contributed by atoms with Gasteiger partial charge in [0.25, 0.3) is 0 Å². The summed E-state index contributed by atoms with van der Waals surface area (Å²) in [6, 6.07) is 19.5. The third kappa shape index (κ3) is 5.88.